The molecule has 0 spiro atoms. The van der Waals surface area contributed by atoms with Gasteiger partial charge in [-0.2, -0.15) is 0 Å². The molecule has 1 aliphatic rings. The molecule has 0 amide bonds. The molecule has 2 aromatic rings. The summed E-state index contributed by atoms with van der Waals surface area (Å²) in [5.41, 5.74) is 2.09. The molecule has 0 bridgehead atoms. The second-order valence-electron chi connectivity index (χ2n) is 6.26. The van der Waals surface area contributed by atoms with Gasteiger partial charge in [-0.15, -0.1) is 0 Å². The fraction of sp³-hybridized carbons (Fsp3) is 0.200. The van der Waals surface area contributed by atoms with E-state index in [-0.39, 0.29) is 5.69 Å². The molecule has 0 aliphatic carbocycles. The van der Waals surface area contributed by atoms with Crippen LogP contribution in [-0.4, -0.2) is 30.2 Å². The summed E-state index contributed by atoms with van der Waals surface area (Å²) in [5.74, 6) is 0.140. The number of nitrogens with one attached hydrogen (secondary N) is 1. The Morgan fingerprint density at radius 1 is 1.21 bits per heavy atom. The Balaban J connectivity index is 2.11. The first-order valence-electron chi connectivity index (χ1n) is 8.65. The number of hydrogen-bond acceptors (Lipinski definition) is 6. The highest BCUT2D eigenvalue weighted by Gasteiger charge is 2.35. The maximum atomic E-state index is 12.6. The van der Waals surface area contributed by atoms with Crippen LogP contribution in [0.15, 0.2) is 59.8 Å². The van der Waals surface area contributed by atoms with Crippen molar-refractivity contribution >= 4 is 34.7 Å². The number of carbonyl (C=O) groups is 1. The van der Waals surface area contributed by atoms with Crippen molar-refractivity contribution in [2.75, 3.05) is 19.1 Å². The number of allylic oxidation sites excluding steroid dienone is 1. The second kappa shape index (κ2) is 8.27. The summed E-state index contributed by atoms with van der Waals surface area (Å²) in [7, 11) is 2.87. The molecular weight excluding hydrogens is 394 g/mol. The highest BCUT2D eigenvalue weighted by atomic mass is 32.1. The van der Waals surface area contributed by atoms with Gasteiger partial charge in [-0.25, -0.2) is 4.79 Å². The van der Waals surface area contributed by atoms with Crippen LogP contribution in [-0.2, 0) is 9.53 Å². The van der Waals surface area contributed by atoms with Gasteiger partial charge in [0.25, 0.3) is 5.69 Å². The standard InChI is InChI=1S/C20H19N3O5S/c1-12-17(19(24)28-3)18(13-5-4-6-15(11-13)23(25)26)21-20(29)22(12)14-7-9-16(27-2)10-8-14/h4-11,18H,1-3H3,(H,21,29)/t18-/m1/s1. The van der Waals surface area contributed by atoms with Crippen molar-refractivity contribution < 1.29 is 19.2 Å². The molecule has 1 N–H and O–H groups in total. The monoisotopic (exact) mass is 413 g/mol. The SMILES string of the molecule is COC(=O)C1=C(C)N(c2ccc(OC)cc2)C(=S)N[C@@H]1c1cccc([N+](=O)[O-])c1. The van der Waals surface area contributed by atoms with Crippen LogP contribution in [0.2, 0.25) is 0 Å². The number of esters is 1. The van der Waals surface area contributed by atoms with E-state index < -0.39 is 16.9 Å². The lowest BCUT2D eigenvalue weighted by Gasteiger charge is -2.37. The number of methoxy groups -OCH3 is 2. The summed E-state index contributed by atoms with van der Waals surface area (Å²) in [4.78, 5) is 25.0. The van der Waals surface area contributed by atoms with E-state index in [2.05, 4.69) is 5.32 Å². The predicted molar refractivity (Wildman–Crippen MR) is 112 cm³/mol. The number of carbonyl (C=O) groups excluding carboxylic acids is 1. The lowest BCUT2D eigenvalue weighted by Crippen LogP contribution is -2.48. The number of anilines is 1. The maximum absolute atomic E-state index is 12.6. The quantitative estimate of drug-likeness (QED) is 0.345. The normalized spacial score (nSPS) is 16.3. The molecule has 150 valence electrons. The smallest absolute Gasteiger partial charge is 0.337 e. The molecule has 0 fully saturated rings. The van der Waals surface area contributed by atoms with Gasteiger partial charge in [-0.05, 0) is 49.0 Å². The average molecular weight is 413 g/mol. The topological polar surface area (TPSA) is 93.9 Å². The van der Waals surface area contributed by atoms with Crippen molar-refractivity contribution in [1.82, 2.24) is 5.32 Å². The molecule has 0 saturated heterocycles. The van der Waals surface area contributed by atoms with E-state index >= 15 is 0 Å². The summed E-state index contributed by atoms with van der Waals surface area (Å²) >= 11 is 5.55. The Hall–Kier alpha value is -3.46. The van der Waals surface area contributed by atoms with E-state index in [1.165, 1.54) is 19.2 Å². The van der Waals surface area contributed by atoms with Gasteiger partial charge < -0.3 is 14.8 Å². The van der Waals surface area contributed by atoms with E-state index in [1.807, 2.05) is 12.1 Å². The Labute approximate surface area is 172 Å². The van der Waals surface area contributed by atoms with Crippen molar-refractivity contribution in [3.05, 3.63) is 75.5 Å². The van der Waals surface area contributed by atoms with Crippen LogP contribution in [0.4, 0.5) is 11.4 Å². The van der Waals surface area contributed by atoms with E-state index in [0.29, 0.717) is 27.7 Å². The van der Waals surface area contributed by atoms with Gasteiger partial charge in [-0.3, -0.25) is 15.0 Å². The molecule has 0 saturated carbocycles. The minimum atomic E-state index is -0.677. The number of benzene rings is 2. The van der Waals surface area contributed by atoms with Gasteiger partial charge in [0.15, 0.2) is 5.11 Å². The third-order valence-corrected chi connectivity index (χ3v) is 4.94. The minimum Gasteiger partial charge on any atom is -0.497 e. The third-order valence-electron chi connectivity index (χ3n) is 4.64. The summed E-state index contributed by atoms with van der Waals surface area (Å²) in [6.07, 6.45) is 0. The lowest BCUT2D eigenvalue weighted by atomic mass is 9.94. The first-order chi connectivity index (χ1) is 13.9. The molecule has 0 radical (unpaired) electrons. The number of ether oxygens (including phenoxy) is 2. The number of nitro benzene ring substituents is 1. The van der Waals surface area contributed by atoms with E-state index in [4.69, 9.17) is 21.7 Å². The van der Waals surface area contributed by atoms with Gasteiger partial charge in [0.2, 0.25) is 0 Å². The lowest BCUT2D eigenvalue weighted by molar-refractivity contribution is -0.384. The third kappa shape index (κ3) is 3.90. The highest BCUT2D eigenvalue weighted by Crippen LogP contribution is 2.35. The number of nitro groups is 1. The van der Waals surface area contributed by atoms with Crippen molar-refractivity contribution in [2.45, 2.75) is 13.0 Å². The first-order valence-corrected chi connectivity index (χ1v) is 9.06. The molecule has 0 aromatic heterocycles. The Morgan fingerprint density at radius 2 is 1.90 bits per heavy atom. The number of hydrogen-bond donors (Lipinski definition) is 1. The van der Waals surface area contributed by atoms with E-state index in [1.54, 1.807) is 43.2 Å². The van der Waals surface area contributed by atoms with Gasteiger partial charge in [0, 0.05) is 23.5 Å². The molecule has 1 aliphatic heterocycles. The van der Waals surface area contributed by atoms with Crippen LogP contribution in [0.1, 0.15) is 18.5 Å². The van der Waals surface area contributed by atoms with Crippen LogP contribution in [0, 0.1) is 10.1 Å². The summed E-state index contributed by atoms with van der Waals surface area (Å²) < 4.78 is 10.2. The zero-order valence-electron chi connectivity index (χ0n) is 16.0. The molecule has 9 heteroatoms. The molecule has 2 aromatic carbocycles. The van der Waals surface area contributed by atoms with Gasteiger partial charge in [0.1, 0.15) is 5.75 Å². The van der Waals surface area contributed by atoms with Gasteiger partial charge >= 0.3 is 5.97 Å². The van der Waals surface area contributed by atoms with Crippen molar-refractivity contribution in [2.24, 2.45) is 0 Å². The molecule has 8 nitrogen and oxygen atoms in total. The van der Waals surface area contributed by atoms with Crippen molar-refractivity contribution in [3.63, 3.8) is 0 Å². The summed E-state index contributed by atoms with van der Waals surface area (Å²) in [6.45, 7) is 1.76. The Bertz CT molecular complexity index is 1000. The summed E-state index contributed by atoms with van der Waals surface area (Å²) in [6, 6.07) is 12.6. The fourth-order valence-electron chi connectivity index (χ4n) is 3.23. The van der Waals surface area contributed by atoms with Crippen molar-refractivity contribution in [1.29, 1.82) is 0 Å². The largest absolute Gasteiger partial charge is 0.497 e. The number of rotatable bonds is 5. The molecule has 1 atom stereocenters. The van der Waals surface area contributed by atoms with Crippen LogP contribution in [0.5, 0.6) is 5.75 Å². The maximum Gasteiger partial charge on any atom is 0.337 e. The molecule has 29 heavy (non-hydrogen) atoms. The highest BCUT2D eigenvalue weighted by molar-refractivity contribution is 7.80. The predicted octanol–water partition coefficient (Wildman–Crippen LogP) is 3.49. The number of non-ortho nitro benzene ring substituents is 1. The minimum absolute atomic E-state index is 0.0744. The van der Waals surface area contributed by atoms with Crippen LogP contribution >= 0.6 is 12.2 Å². The molecule has 1 heterocycles. The average Bonchev–Trinajstić information content (AvgIpc) is 2.73. The van der Waals surface area contributed by atoms with E-state index in [0.717, 1.165) is 5.69 Å². The van der Waals surface area contributed by atoms with Crippen LogP contribution in [0.3, 0.4) is 0 Å². The van der Waals surface area contributed by atoms with Gasteiger partial charge in [0.05, 0.1) is 30.8 Å². The van der Waals surface area contributed by atoms with Crippen LogP contribution < -0.4 is 15.0 Å². The van der Waals surface area contributed by atoms with Gasteiger partial charge in [-0.1, -0.05) is 12.1 Å². The number of thiocarbonyl (C=S) groups is 1. The number of nitrogens with zero attached hydrogens (tertiary/aromatic N) is 2. The zero-order chi connectivity index (χ0) is 21.1. The molecular formula is C20H19N3O5S. The van der Waals surface area contributed by atoms with E-state index in [9.17, 15) is 14.9 Å². The fourth-order valence-corrected chi connectivity index (χ4v) is 3.59. The molecule has 0 unspecified atom stereocenters. The van der Waals surface area contributed by atoms with Crippen LogP contribution in [0.25, 0.3) is 0 Å². The molecule has 3 rings (SSSR count). The Kier molecular flexibility index (Phi) is 5.79. The Morgan fingerprint density at radius 3 is 2.48 bits per heavy atom. The summed E-state index contributed by atoms with van der Waals surface area (Å²) in [5, 5.41) is 14.6. The first kappa shape index (κ1) is 20.3. The zero-order valence-corrected chi connectivity index (χ0v) is 16.9. The van der Waals surface area contributed by atoms with Crippen molar-refractivity contribution in [3.8, 4) is 5.75 Å². The second-order valence-corrected chi connectivity index (χ2v) is 6.65.